The molecule has 0 amide bonds. The average Bonchev–Trinajstić information content (AvgIpc) is 2.29. The van der Waals surface area contributed by atoms with Gasteiger partial charge in [0.15, 0.2) is 0 Å². The second kappa shape index (κ2) is 4.75. The van der Waals surface area contributed by atoms with Gasteiger partial charge in [-0.25, -0.2) is 4.39 Å². The van der Waals surface area contributed by atoms with Crippen molar-refractivity contribution in [3.05, 3.63) is 59.7 Å². The first-order valence-corrected chi connectivity index (χ1v) is 5.03. The Kier molecular flexibility index (Phi) is 3.15. The monoisotopic (exact) mass is 217 g/mol. The fourth-order valence-corrected chi connectivity index (χ4v) is 1.42. The summed E-state index contributed by atoms with van der Waals surface area (Å²) in [5.41, 5.74) is 1.79. The lowest BCUT2D eigenvalue weighted by Crippen LogP contribution is -1.97. The first-order valence-electron chi connectivity index (χ1n) is 5.03. The fraction of sp³-hybridized carbons (Fsp3) is 0.154. The molecule has 1 heterocycles. The van der Waals surface area contributed by atoms with Crippen LogP contribution in [0.25, 0.3) is 0 Å². The Morgan fingerprint density at radius 3 is 2.88 bits per heavy atom. The van der Waals surface area contributed by atoms with E-state index in [0.717, 1.165) is 11.1 Å². The molecule has 0 bridgehead atoms. The van der Waals surface area contributed by atoms with E-state index in [1.54, 1.807) is 18.5 Å². The number of halogens is 1. The summed E-state index contributed by atoms with van der Waals surface area (Å²) >= 11 is 0. The van der Waals surface area contributed by atoms with Crippen molar-refractivity contribution in [2.45, 2.75) is 13.5 Å². The molecule has 3 heteroatoms. The third kappa shape index (κ3) is 2.57. The maximum atomic E-state index is 12.8. The standard InChI is InChI=1S/C13H12FNO/c1-10-7-12(14)4-5-13(10)16-9-11-3-2-6-15-8-11/h2-8H,9H2,1H3. The van der Waals surface area contributed by atoms with Crippen molar-refractivity contribution in [2.75, 3.05) is 0 Å². The number of hydrogen-bond donors (Lipinski definition) is 0. The predicted molar refractivity (Wildman–Crippen MR) is 59.7 cm³/mol. The summed E-state index contributed by atoms with van der Waals surface area (Å²) in [5, 5.41) is 0. The van der Waals surface area contributed by atoms with Gasteiger partial charge in [-0.2, -0.15) is 0 Å². The molecule has 1 aromatic heterocycles. The minimum atomic E-state index is -0.244. The second-order valence-electron chi connectivity index (χ2n) is 3.56. The number of aromatic nitrogens is 1. The lowest BCUT2D eigenvalue weighted by molar-refractivity contribution is 0.303. The van der Waals surface area contributed by atoms with Crippen molar-refractivity contribution >= 4 is 0 Å². The maximum Gasteiger partial charge on any atom is 0.123 e. The number of hydrogen-bond acceptors (Lipinski definition) is 2. The third-order valence-electron chi connectivity index (χ3n) is 2.25. The Bertz CT molecular complexity index is 471. The minimum Gasteiger partial charge on any atom is -0.489 e. The number of benzene rings is 1. The lowest BCUT2D eigenvalue weighted by atomic mass is 10.2. The topological polar surface area (TPSA) is 22.1 Å². The molecular formula is C13H12FNO. The van der Waals surface area contributed by atoms with E-state index >= 15 is 0 Å². The van der Waals surface area contributed by atoms with Crippen LogP contribution < -0.4 is 4.74 Å². The van der Waals surface area contributed by atoms with Gasteiger partial charge in [0.25, 0.3) is 0 Å². The Balaban J connectivity index is 2.05. The maximum absolute atomic E-state index is 12.8. The van der Waals surface area contributed by atoms with E-state index in [9.17, 15) is 4.39 Å². The predicted octanol–water partition coefficient (Wildman–Crippen LogP) is 3.11. The van der Waals surface area contributed by atoms with Crippen LogP contribution in [0.5, 0.6) is 5.75 Å². The molecule has 0 atom stereocenters. The zero-order valence-electron chi connectivity index (χ0n) is 8.98. The number of pyridine rings is 1. The summed E-state index contributed by atoms with van der Waals surface area (Å²) < 4.78 is 18.4. The highest BCUT2D eigenvalue weighted by atomic mass is 19.1. The molecule has 0 fully saturated rings. The van der Waals surface area contributed by atoms with Crippen LogP contribution in [-0.4, -0.2) is 4.98 Å². The molecule has 0 N–H and O–H groups in total. The van der Waals surface area contributed by atoms with Crippen LogP contribution in [0.15, 0.2) is 42.7 Å². The van der Waals surface area contributed by atoms with Gasteiger partial charge in [-0.05, 0) is 36.8 Å². The molecule has 0 aliphatic heterocycles. The van der Waals surface area contributed by atoms with E-state index in [2.05, 4.69) is 4.98 Å². The van der Waals surface area contributed by atoms with Gasteiger partial charge in [0.05, 0.1) is 0 Å². The Hall–Kier alpha value is -1.90. The second-order valence-corrected chi connectivity index (χ2v) is 3.56. The highest BCUT2D eigenvalue weighted by molar-refractivity contribution is 5.32. The van der Waals surface area contributed by atoms with E-state index < -0.39 is 0 Å². The quantitative estimate of drug-likeness (QED) is 0.788. The van der Waals surface area contributed by atoms with Crippen molar-refractivity contribution < 1.29 is 9.13 Å². The molecule has 0 radical (unpaired) electrons. The Morgan fingerprint density at radius 1 is 1.31 bits per heavy atom. The first kappa shape index (κ1) is 10.6. The van der Waals surface area contributed by atoms with Crippen LogP contribution in [0.2, 0.25) is 0 Å². The lowest BCUT2D eigenvalue weighted by Gasteiger charge is -2.08. The highest BCUT2D eigenvalue weighted by Crippen LogP contribution is 2.19. The molecule has 0 aliphatic carbocycles. The summed E-state index contributed by atoms with van der Waals surface area (Å²) in [5.74, 6) is 0.455. The van der Waals surface area contributed by atoms with E-state index in [1.807, 2.05) is 19.1 Å². The normalized spacial score (nSPS) is 10.1. The van der Waals surface area contributed by atoms with Crippen molar-refractivity contribution in [3.8, 4) is 5.75 Å². The van der Waals surface area contributed by atoms with Crippen LogP contribution >= 0.6 is 0 Å². The summed E-state index contributed by atoms with van der Waals surface area (Å²) in [4.78, 5) is 3.99. The first-order chi connectivity index (χ1) is 7.75. The van der Waals surface area contributed by atoms with Gasteiger partial charge in [0.1, 0.15) is 18.2 Å². The molecule has 2 aromatic rings. The van der Waals surface area contributed by atoms with Gasteiger partial charge < -0.3 is 4.74 Å². The summed E-state index contributed by atoms with van der Waals surface area (Å²) in [6.07, 6.45) is 3.46. The van der Waals surface area contributed by atoms with Crippen molar-refractivity contribution in [3.63, 3.8) is 0 Å². The number of nitrogens with zero attached hydrogens (tertiary/aromatic N) is 1. The number of rotatable bonds is 3. The van der Waals surface area contributed by atoms with Crippen molar-refractivity contribution in [1.29, 1.82) is 0 Å². The van der Waals surface area contributed by atoms with Gasteiger partial charge in [0, 0.05) is 18.0 Å². The van der Waals surface area contributed by atoms with Crippen LogP contribution in [0.3, 0.4) is 0 Å². The minimum absolute atomic E-state index is 0.244. The van der Waals surface area contributed by atoms with Crippen molar-refractivity contribution in [2.24, 2.45) is 0 Å². The average molecular weight is 217 g/mol. The summed E-state index contributed by atoms with van der Waals surface area (Å²) in [6.45, 7) is 2.27. The highest BCUT2D eigenvalue weighted by Gasteiger charge is 2.01. The molecule has 82 valence electrons. The van der Waals surface area contributed by atoms with Crippen LogP contribution in [0, 0.1) is 12.7 Å². The Morgan fingerprint density at radius 2 is 2.19 bits per heavy atom. The summed E-state index contributed by atoms with van der Waals surface area (Å²) in [7, 11) is 0. The zero-order chi connectivity index (χ0) is 11.4. The van der Waals surface area contributed by atoms with Gasteiger partial charge in [-0.15, -0.1) is 0 Å². The van der Waals surface area contributed by atoms with Gasteiger partial charge in [-0.1, -0.05) is 6.07 Å². The van der Waals surface area contributed by atoms with E-state index in [0.29, 0.717) is 12.4 Å². The van der Waals surface area contributed by atoms with Crippen LogP contribution in [0.1, 0.15) is 11.1 Å². The molecule has 0 aliphatic rings. The van der Waals surface area contributed by atoms with E-state index in [1.165, 1.54) is 12.1 Å². The number of ether oxygens (including phenoxy) is 1. The van der Waals surface area contributed by atoms with Crippen molar-refractivity contribution in [1.82, 2.24) is 4.98 Å². The fourth-order valence-electron chi connectivity index (χ4n) is 1.42. The molecular weight excluding hydrogens is 205 g/mol. The van der Waals surface area contributed by atoms with Crippen LogP contribution in [0.4, 0.5) is 4.39 Å². The zero-order valence-corrected chi connectivity index (χ0v) is 8.98. The third-order valence-corrected chi connectivity index (χ3v) is 2.25. The Labute approximate surface area is 93.7 Å². The number of aryl methyl sites for hydroxylation is 1. The smallest absolute Gasteiger partial charge is 0.123 e. The van der Waals surface area contributed by atoms with Gasteiger partial charge in [-0.3, -0.25) is 4.98 Å². The molecule has 0 unspecified atom stereocenters. The molecule has 0 spiro atoms. The molecule has 0 saturated carbocycles. The molecule has 1 aromatic carbocycles. The summed E-state index contributed by atoms with van der Waals surface area (Å²) in [6, 6.07) is 8.28. The SMILES string of the molecule is Cc1cc(F)ccc1OCc1cccnc1. The van der Waals surface area contributed by atoms with E-state index in [4.69, 9.17) is 4.74 Å². The largest absolute Gasteiger partial charge is 0.489 e. The van der Waals surface area contributed by atoms with Gasteiger partial charge >= 0.3 is 0 Å². The molecule has 2 rings (SSSR count). The van der Waals surface area contributed by atoms with Gasteiger partial charge in [0.2, 0.25) is 0 Å². The molecule has 0 saturated heterocycles. The van der Waals surface area contributed by atoms with E-state index in [-0.39, 0.29) is 5.82 Å². The molecule has 16 heavy (non-hydrogen) atoms. The molecule has 2 nitrogen and oxygen atoms in total. The van der Waals surface area contributed by atoms with Crippen LogP contribution in [-0.2, 0) is 6.61 Å².